The number of likely N-dealkylation sites (tertiary alicyclic amines) is 1. The standard InChI is InChI=1S/C31H30N2O5/c1-18(2)38-26-13-10-21(16-19(26)3)29(35)27-28(20-8-11-23(34)12-9-20)33(31(37)30(27)36)15-14-22-17-32-25-7-5-4-6-24(22)25/h4-13,16-18,28,32,34-35H,14-15H2,1-3H3/b29-27+. The number of carbonyl (C=O) groups excluding carboxylic acids is 2. The fourth-order valence-electron chi connectivity index (χ4n) is 5.03. The van der Waals surface area contributed by atoms with Gasteiger partial charge in [-0.05, 0) is 80.3 Å². The van der Waals surface area contributed by atoms with E-state index >= 15 is 0 Å². The number of phenols is 1. The molecular formula is C31H30N2O5. The molecule has 0 bridgehead atoms. The van der Waals surface area contributed by atoms with Crippen molar-refractivity contribution in [3.63, 3.8) is 0 Å². The molecule has 1 aromatic heterocycles. The molecule has 1 fully saturated rings. The zero-order chi connectivity index (χ0) is 27.0. The Bertz CT molecular complexity index is 1550. The van der Waals surface area contributed by atoms with Gasteiger partial charge >= 0.3 is 0 Å². The molecular weight excluding hydrogens is 480 g/mol. The molecule has 3 N–H and O–H groups in total. The van der Waals surface area contributed by atoms with E-state index in [0.717, 1.165) is 22.0 Å². The fourth-order valence-corrected chi connectivity index (χ4v) is 5.03. The third kappa shape index (κ3) is 4.63. The number of phenolic OH excluding ortho intramolecular Hbond substituents is 1. The zero-order valence-corrected chi connectivity index (χ0v) is 21.6. The van der Waals surface area contributed by atoms with Gasteiger partial charge in [-0.3, -0.25) is 9.59 Å². The summed E-state index contributed by atoms with van der Waals surface area (Å²) in [7, 11) is 0. The number of para-hydroxylation sites is 1. The molecule has 1 amide bonds. The molecule has 1 saturated heterocycles. The number of nitrogens with one attached hydrogen (secondary N) is 1. The van der Waals surface area contributed by atoms with Crippen LogP contribution in [0.2, 0.25) is 0 Å². The number of aromatic amines is 1. The van der Waals surface area contributed by atoms with Crippen LogP contribution in [0.3, 0.4) is 0 Å². The Morgan fingerprint density at radius 2 is 1.79 bits per heavy atom. The number of hydrogen-bond acceptors (Lipinski definition) is 5. The number of rotatable bonds is 7. The summed E-state index contributed by atoms with van der Waals surface area (Å²) >= 11 is 0. The predicted molar refractivity (Wildman–Crippen MR) is 146 cm³/mol. The molecule has 2 heterocycles. The van der Waals surface area contributed by atoms with Crippen LogP contribution in [0.4, 0.5) is 0 Å². The lowest BCUT2D eigenvalue weighted by atomic mass is 9.94. The maximum Gasteiger partial charge on any atom is 0.295 e. The van der Waals surface area contributed by atoms with Crippen molar-refractivity contribution in [1.29, 1.82) is 0 Å². The molecule has 5 rings (SSSR count). The predicted octanol–water partition coefficient (Wildman–Crippen LogP) is 5.63. The number of ketones is 1. The normalized spacial score (nSPS) is 17.1. The second-order valence-electron chi connectivity index (χ2n) is 9.84. The number of H-pyrrole nitrogens is 1. The van der Waals surface area contributed by atoms with Crippen molar-refractivity contribution < 1.29 is 24.5 Å². The highest BCUT2D eigenvalue weighted by Crippen LogP contribution is 2.40. The molecule has 1 aliphatic heterocycles. The van der Waals surface area contributed by atoms with Crippen molar-refractivity contribution in [3.8, 4) is 11.5 Å². The van der Waals surface area contributed by atoms with Crippen molar-refractivity contribution >= 4 is 28.4 Å². The lowest BCUT2D eigenvalue weighted by Crippen LogP contribution is -2.31. The van der Waals surface area contributed by atoms with Gasteiger partial charge in [0, 0.05) is 29.2 Å². The smallest absolute Gasteiger partial charge is 0.295 e. The van der Waals surface area contributed by atoms with Crippen LogP contribution in [0.5, 0.6) is 11.5 Å². The van der Waals surface area contributed by atoms with E-state index in [0.29, 0.717) is 23.3 Å². The molecule has 7 nitrogen and oxygen atoms in total. The van der Waals surface area contributed by atoms with Gasteiger partial charge in [0.25, 0.3) is 11.7 Å². The summed E-state index contributed by atoms with van der Waals surface area (Å²) in [6, 6.07) is 18.7. The van der Waals surface area contributed by atoms with Crippen molar-refractivity contribution in [2.75, 3.05) is 6.54 Å². The van der Waals surface area contributed by atoms with E-state index in [1.807, 2.05) is 51.2 Å². The van der Waals surface area contributed by atoms with Crippen molar-refractivity contribution in [3.05, 3.63) is 101 Å². The summed E-state index contributed by atoms with van der Waals surface area (Å²) in [5.74, 6) is -0.887. The molecule has 0 saturated carbocycles. The number of hydrogen-bond donors (Lipinski definition) is 3. The Hall–Kier alpha value is -4.52. The number of nitrogens with zero attached hydrogens (tertiary/aromatic N) is 1. The van der Waals surface area contributed by atoms with Crippen LogP contribution < -0.4 is 4.74 Å². The number of aromatic hydroxyl groups is 1. The second-order valence-corrected chi connectivity index (χ2v) is 9.84. The van der Waals surface area contributed by atoms with Gasteiger partial charge in [0.1, 0.15) is 17.3 Å². The Morgan fingerprint density at radius 3 is 2.50 bits per heavy atom. The highest BCUT2D eigenvalue weighted by Gasteiger charge is 2.45. The van der Waals surface area contributed by atoms with Crippen LogP contribution in [-0.2, 0) is 16.0 Å². The molecule has 38 heavy (non-hydrogen) atoms. The van der Waals surface area contributed by atoms with E-state index in [2.05, 4.69) is 4.98 Å². The Labute approximate surface area is 221 Å². The minimum Gasteiger partial charge on any atom is -0.508 e. The van der Waals surface area contributed by atoms with Gasteiger partial charge in [-0.25, -0.2) is 0 Å². The molecule has 1 aliphatic rings. The molecule has 1 atom stereocenters. The monoisotopic (exact) mass is 510 g/mol. The number of fused-ring (bicyclic) bond motifs is 1. The van der Waals surface area contributed by atoms with Crippen LogP contribution in [0.25, 0.3) is 16.7 Å². The van der Waals surface area contributed by atoms with E-state index in [1.54, 1.807) is 30.3 Å². The highest BCUT2D eigenvalue weighted by atomic mass is 16.5. The topological polar surface area (TPSA) is 103 Å². The van der Waals surface area contributed by atoms with E-state index in [4.69, 9.17) is 4.74 Å². The van der Waals surface area contributed by atoms with Gasteiger partial charge in [0.2, 0.25) is 0 Å². The van der Waals surface area contributed by atoms with Crippen molar-refractivity contribution in [2.45, 2.75) is 39.3 Å². The van der Waals surface area contributed by atoms with Gasteiger partial charge in [0.05, 0.1) is 17.7 Å². The van der Waals surface area contributed by atoms with Gasteiger partial charge in [-0.2, -0.15) is 0 Å². The Morgan fingerprint density at radius 1 is 1.05 bits per heavy atom. The molecule has 0 spiro atoms. The first-order chi connectivity index (χ1) is 18.2. The molecule has 1 unspecified atom stereocenters. The summed E-state index contributed by atoms with van der Waals surface area (Å²) < 4.78 is 5.81. The highest BCUT2D eigenvalue weighted by molar-refractivity contribution is 6.46. The third-order valence-corrected chi connectivity index (χ3v) is 6.86. The van der Waals surface area contributed by atoms with Gasteiger partial charge in [-0.1, -0.05) is 30.3 Å². The van der Waals surface area contributed by atoms with Crippen LogP contribution in [-0.4, -0.2) is 44.4 Å². The zero-order valence-electron chi connectivity index (χ0n) is 21.6. The first kappa shape index (κ1) is 25.1. The van der Waals surface area contributed by atoms with Crippen LogP contribution in [0, 0.1) is 6.92 Å². The maximum atomic E-state index is 13.4. The maximum absolute atomic E-state index is 13.4. The van der Waals surface area contributed by atoms with Crippen LogP contribution in [0.1, 0.15) is 42.1 Å². The van der Waals surface area contributed by atoms with Crippen molar-refractivity contribution in [1.82, 2.24) is 9.88 Å². The Kier molecular flexibility index (Phi) is 6.68. The Balaban J connectivity index is 1.55. The number of Topliss-reactive ketones (excluding diaryl/α,β-unsaturated/α-hetero) is 1. The number of aliphatic hydroxyl groups is 1. The van der Waals surface area contributed by atoms with E-state index in [1.165, 1.54) is 17.0 Å². The molecule has 3 aromatic carbocycles. The third-order valence-electron chi connectivity index (χ3n) is 6.86. The number of aromatic nitrogens is 1. The number of benzene rings is 3. The second kappa shape index (κ2) is 10.1. The largest absolute Gasteiger partial charge is 0.508 e. The number of carbonyl (C=O) groups is 2. The summed E-state index contributed by atoms with van der Waals surface area (Å²) in [5, 5.41) is 22.3. The van der Waals surface area contributed by atoms with E-state index in [9.17, 15) is 19.8 Å². The molecule has 0 aliphatic carbocycles. The summed E-state index contributed by atoms with van der Waals surface area (Å²) in [6.45, 7) is 6.01. The van der Waals surface area contributed by atoms with E-state index in [-0.39, 0.29) is 29.7 Å². The SMILES string of the molecule is Cc1cc(/C(O)=C2\C(=O)C(=O)N(CCc3c[nH]c4ccccc34)C2c2ccc(O)cc2)ccc1OC(C)C. The summed E-state index contributed by atoms with van der Waals surface area (Å²) in [6.07, 6.45) is 2.43. The number of aliphatic hydroxyl groups excluding tert-OH is 1. The fraction of sp³-hybridized carbons (Fsp3) is 0.226. The number of ether oxygens (including phenoxy) is 1. The van der Waals surface area contributed by atoms with Gasteiger partial charge in [-0.15, -0.1) is 0 Å². The lowest BCUT2D eigenvalue weighted by Gasteiger charge is -2.25. The summed E-state index contributed by atoms with van der Waals surface area (Å²) in [5.41, 5.74) is 3.91. The quantitative estimate of drug-likeness (QED) is 0.170. The first-order valence-electron chi connectivity index (χ1n) is 12.6. The van der Waals surface area contributed by atoms with Crippen molar-refractivity contribution in [2.24, 2.45) is 0 Å². The average molecular weight is 511 g/mol. The summed E-state index contributed by atoms with van der Waals surface area (Å²) in [4.78, 5) is 31.4. The van der Waals surface area contributed by atoms with E-state index < -0.39 is 17.7 Å². The average Bonchev–Trinajstić information content (AvgIpc) is 3.42. The molecule has 0 radical (unpaired) electrons. The number of aryl methyl sites for hydroxylation is 1. The first-order valence-corrected chi connectivity index (χ1v) is 12.6. The van der Waals surface area contributed by atoms with Gasteiger partial charge in [0.15, 0.2) is 0 Å². The lowest BCUT2D eigenvalue weighted by molar-refractivity contribution is -0.139. The number of amides is 1. The molecule has 194 valence electrons. The minimum atomic E-state index is -0.798. The molecule has 7 heteroatoms. The van der Waals surface area contributed by atoms with Crippen LogP contribution in [0.15, 0.2) is 78.5 Å². The minimum absolute atomic E-state index is 0.00915. The van der Waals surface area contributed by atoms with Crippen LogP contribution >= 0.6 is 0 Å². The van der Waals surface area contributed by atoms with Gasteiger partial charge < -0.3 is 24.8 Å². The molecule has 4 aromatic rings.